The maximum atomic E-state index is 12.6. The molecule has 1 aromatic rings. The Bertz CT molecular complexity index is 390. The largest absolute Gasteiger partial charge is 0.416 e. The first-order chi connectivity index (χ1) is 7.46. The SMILES string of the molecule is C#CCCC(N)c1ccccc1C(F)(F)F. The van der Waals surface area contributed by atoms with Gasteiger partial charge in [0.1, 0.15) is 0 Å². The molecule has 0 heterocycles. The second-order valence-corrected chi connectivity index (χ2v) is 3.43. The lowest BCUT2D eigenvalue weighted by atomic mass is 9.97. The van der Waals surface area contributed by atoms with E-state index >= 15 is 0 Å². The lowest BCUT2D eigenvalue weighted by Crippen LogP contribution is -2.17. The van der Waals surface area contributed by atoms with Crippen LogP contribution in [0.3, 0.4) is 0 Å². The van der Waals surface area contributed by atoms with Crippen molar-refractivity contribution in [2.75, 3.05) is 0 Å². The van der Waals surface area contributed by atoms with Gasteiger partial charge in [-0.05, 0) is 18.1 Å². The summed E-state index contributed by atoms with van der Waals surface area (Å²) in [6.45, 7) is 0. The molecule has 1 nitrogen and oxygen atoms in total. The van der Waals surface area contributed by atoms with Gasteiger partial charge in [-0.15, -0.1) is 12.3 Å². The Hall–Kier alpha value is -1.47. The highest BCUT2D eigenvalue weighted by Gasteiger charge is 2.34. The molecule has 0 aliphatic rings. The summed E-state index contributed by atoms with van der Waals surface area (Å²) in [5.74, 6) is 2.37. The van der Waals surface area contributed by atoms with Crippen LogP contribution in [0.4, 0.5) is 13.2 Å². The van der Waals surface area contributed by atoms with Gasteiger partial charge in [0.25, 0.3) is 0 Å². The van der Waals surface area contributed by atoms with E-state index in [9.17, 15) is 13.2 Å². The van der Waals surface area contributed by atoms with Crippen molar-refractivity contribution in [2.45, 2.75) is 25.1 Å². The first kappa shape index (κ1) is 12.6. The molecule has 4 heteroatoms. The second-order valence-electron chi connectivity index (χ2n) is 3.43. The fraction of sp³-hybridized carbons (Fsp3) is 0.333. The highest BCUT2D eigenvalue weighted by Crippen LogP contribution is 2.34. The summed E-state index contributed by atoms with van der Waals surface area (Å²) in [5.41, 5.74) is 5.10. The number of hydrogen-bond acceptors (Lipinski definition) is 1. The topological polar surface area (TPSA) is 26.0 Å². The van der Waals surface area contributed by atoms with Crippen LogP contribution in [0.15, 0.2) is 24.3 Å². The first-order valence-electron chi connectivity index (χ1n) is 4.82. The lowest BCUT2D eigenvalue weighted by Gasteiger charge is -2.17. The molecular weight excluding hydrogens is 215 g/mol. The fourth-order valence-corrected chi connectivity index (χ4v) is 1.47. The minimum absolute atomic E-state index is 0.102. The summed E-state index contributed by atoms with van der Waals surface area (Å²) in [4.78, 5) is 0. The second kappa shape index (κ2) is 5.04. The molecule has 1 unspecified atom stereocenters. The van der Waals surface area contributed by atoms with Crippen molar-refractivity contribution in [3.8, 4) is 12.3 Å². The third-order valence-corrected chi connectivity index (χ3v) is 2.27. The van der Waals surface area contributed by atoms with Crippen LogP contribution < -0.4 is 5.73 Å². The van der Waals surface area contributed by atoms with Crippen LogP contribution in [0.2, 0.25) is 0 Å². The Morgan fingerprint density at radius 1 is 1.31 bits per heavy atom. The highest BCUT2D eigenvalue weighted by atomic mass is 19.4. The van der Waals surface area contributed by atoms with E-state index in [4.69, 9.17) is 12.2 Å². The molecule has 0 aromatic heterocycles. The van der Waals surface area contributed by atoms with Crippen LogP contribution in [0.5, 0.6) is 0 Å². The molecule has 0 aliphatic carbocycles. The van der Waals surface area contributed by atoms with Crippen molar-refractivity contribution < 1.29 is 13.2 Å². The zero-order chi connectivity index (χ0) is 12.2. The van der Waals surface area contributed by atoms with Gasteiger partial charge >= 0.3 is 6.18 Å². The van der Waals surface area contributed by atoms with Crippen LogP contribution in [0, 0.1) is 12.3 Å². The Labute approximate surface area is 92.5 Å². The average Bonchev–Trinajstić information content (AvgIpc) is 2.24. The minimum Gasteiger partial charge on any atom is -0.324 e. The van der Waals surface area contributed by atoms with Crippen LogP contribution >= 0.6 is 0 Å². The van der Waals surface area contributed by atoms with E-state index in [1.807, 2.05) is 0 Å². The summed E-state index contributed by atoms with van der Waals surface area (Å²) in [5, 5.41) is 0. The van der Waals surface area contributed by atoms with E-state index in [-0.39, 0.29) is 5.56 Å². The van der Waals surface area contributed by atoms with Gasteiger partial charge in [-0.25, -0.2) is 0 Å². The van der Waals surface area contributed by atoms with E-state index in [2.05, 4.69) is 5.92 Å². The van der Waals surface area contributed by atoms with Gasteiger partial charge in [-0.2, -0.15) is 13.2 Å². The van der Waals surface area contributed by atoms with E-state index in [1.54, 1.807) is 6.07 Å². The predicted octanol–water partition coefficient (Wildman–Crippen LogP) is 3.12. The predicted molar refractivity (Wildman–Crippen MR) is 56.4 cm³/mol. The molecule has 0 radical (unpaired) electrons. The molecular formula is C12H12F3N. The Morgan fingerprint density at radius 2 is 1.94 bits per heavy atom. The fourth-order valence-electron chi connectivity index (χ4n) is 1.47. The van der Waals surface area contributed by atoms with Crippen LogP contribution in [-0.4, -0.2) is 0 Å². The third kappa shape index (κ3) is 3.01. The van der Waals surface area contributed by atoms with Crippen molar-refractivity contribution in [3.05, 3.63) is 35.4 Å². The molecule has 16 heavy (non-hydrogen) atoms. The van der Waals surface area contributed by atoms with Gasteiger partial charge in [0.05, 0.1) is 5.56 Å². The number of terminal acetylenes is 1. The van der Waals surface area contributed by atoms with Gasteiger partial charge in [-0.3, -0.25) is 0 Å². The van der Waals surface area contributed by atoms with Gasteiger partial charge in [0.15, 0.2) is 0 Å². The minimum atomic E-state index is -4.37. The number of rotatable bonds is 3. The lowest BCUT2D eigenvalue weighted by molar-refractivity contribution is -0.138. The zero-order valence-electron chi connectivity index (χ0n) is 8.59. The molecule has 2 N–H and O–H groups in total. The Balaban J connectivity index is 3.00. The number of nitrogens with two attached hydrogens (primary N) is 1. The molecule has 0 bridgehead atoms. The molecule has 0 fully saturated rings. The van der Waals surface area contributed by atoms with Gasteiger partial charge in [0.2, 0.25) is 0 Å². The van der Waals surface area contributed by atoms with Crippen molar-refractivity contribution >= 4 is 0 Å². The van der Waals surface area contributed by atoms with E-state index < -0.39 is 17.8 Å². The van der Waals surface area contributed by atoms with Crippen molar-refractivity contribution in [1.29, 1.82) is 0 Å². The van der Waals surface area contributed by atoms with Crippen LogP contribution in [0.1, 0.15) is 30.0 Å². The molecule has 1 atom stereocenters. The molecule has 1 aromatic carbocycles. The summed E-state index contributed by atoms with van der Waals surface area (Å²) >= 11 is 0. The number of halogens is 3. The van der Waals surface area contributed by atoms with Crippen LogP contribution in [0.25, 0.3) is 0 Å². The third-order valence-electron chi connectivity index (χ3n) is 2.27. The monoisotopic (exact) mass is 227 g/mol. The maximum Gasteiger partial charge on any atom is 0.416 e. The summed E-state index contributed by atoms with van der Waals surface area (Å²) < 4.78 is 37.9. The molecule has 0 spiro atoms. The molecule has 0 aliphatic heterocycles. The van der Waals surface area contributed by atoms with Crippen molar-refractivity contribution in [3.63, 3.8) is 0 Å². The average molecular weight is 227 g/mol. The number of hydrogen-bond donors (Lipinski definition) is 1. The standard InChI is InChI=1S/C12H12F3N/c1-2-3-8-11(16)9-6-4-5-7-10(9)12(13,14)15/h1,4-7,11H,3,8,16H2. The van der Waals surface area contributed by atoms with E-state index in [1.165, 1.54) is 12.1 Å². The quantitative estimate of drug-likeness (QED) is 0.789. The molecule has 0 saturated heterocycles. The summed E-state index contributed by atoms with van der Waals surface area (Å²) in [7, 11) is 0. The molecule has 1 rings (SSSR count). The highest BCUT2D eigenvalue weighted by molar-refractivity contribution is 5.32. The van der Waals surface area contributed by atoms with Gasteiger partial charge in [0, 0.05) is 12.5 Å². The molecule has 86 valence electrons. The molecule has 0 saturated carbocycles. The van der Waals surface area contributed by atoms with Crippen molar-refractivity contribution in [1.82, 2.24) is 0 Å². The summed E-state index contributed by atoms with van der Waals surface area (Å²) in [6.07, 6.45) is 1.40. The molecule has 0 amide bonds. The number of alkyl halides is 3. The smallest absolute Gasteiger partial charge is 0.324 e. The maximum absolute atomic E-state index is 12.6. The van der Waals surface area contributed by atoms with E-state index in [0.29, 0.717) is 12.8 Å². The Kier molecular flexibility index (Phi) is 3.97. The van der Waals surface area contributed by atoms with Gasteiger partial charge in [-0.1, -0.05) is 18.2 Å². The zero-order valence-corrected chi connectivity index (χ0v) is 8.59. The first-order valence-corrected chi connectivity index (χ1v) is 4.82. The normalized spacial score (nSPS) is 13.2. The van der Waals surface area contributed by atoms with Gasteiger partial charge < -0.3 is 5.73 Å². The number of benzene rings is 1. The van der Waals surface area contributed by atoms with Crippen LogP contribution in [-0.2, 0) is 6.18 Å². The Morgan fingerprint density at radius 3 is 2.50 bits per heavy atom. The van der Waals surface area contributed by atoms with E-state index in [0.717, 1.165) is 6.07 Å². The van der Waals surface area contributed by atoms with Crippen molar-refractivity contribution in [2.24, 2.45) is 5.73 Å². The summed E-state index contributed by atoms with van der Waals surface area (Å²) in [6, 6.07) is 4.64.